The Bertz CT molecular complexity index is 2080. The number of aliphatic hydroxyl groups is 2. The van der Waals surface area contributed by atoms with Crippen molar-refractivity contribution in [1.29, 1.82) is 0 Å². The molecule has 1 aliphatic heterocycles. The van der Waals surface area contributed by atoms with Crippen molar-refractivity contribution >= 4 is 23.2 Å². The van der Waals surface area contributed by atoms with Gasteiger partial charge < -0.3 is 36.1 Å². The summed E-state index contributed by atoms with van der Waals surface area (Å²) >= 11 is 0. The van der Waals surface area contributed by atoms with Crippen LogP contribution < -0.4 is 16.4 Å². The predicted octanol–water partition coefficient (Wildman–Crippen LogP) is 8.23. The smallest absolute Gasteiger partial charge is 0.224 e. The number of unbranched alkanes of at least 4 members (excludes halogenated alkanes) is 2. The fraction of sp³-hybridized carbons (Fsp3) is 0.333. The minimum atomic E-state index is -0.651. The van der Waals surface area contributed by atoms with E-state index in [-0.39, 0.29) is 36.7 Å². The molecule has 10 nitrogen and oxygen atoms in total. The van der Waals surface area contributed by atoms with Gasteiger partial charge in [-0.15, -0.1) is 0 Å². The Morgan fingerprint density at radius 1 is 0.776 bits per heavy atom. The van der Waals surface area contributed by atoms with Crippen LogP contribution in [0.1, 0.15) is 91.8 Å². The average Bonchev–Trinajstić information content (AvgIpc) is 3.26. The third-order valence-corrected chi connectivity index (χ3v) is 10.9. The number of likely N-dealkylation sites (N-methyl/N-ethyl adjacent to an activating group) is 1. The molecule has 0 unspecified atom stereocenters. The van der Waals surface area contributed by atoms with Crippen molar-refractivity contribution in [3.05, 3.63) is 155 Å². The normalized spacial score (nSPS) is 17.7. The first kappa shape index (κ1) is 42.3. The van der Waals surface area contributed by atoms with E-state index in [1.165, 1.54) is 0 Å². The number of hydrogen-bond donors (Lipinski definition) is 5. The number of aliphatic hydroxyl groups excluding tert-OH is 2. The van der Waals surface area contributed by atoms with E-state index in [2.05, 4.69) is 39.8 Å². The van der Waals surface area contributed by atoms with Crippen LogP contribution in [0, 0.1) is 0 Å². The first-order valence-corrected chi connectivity index (χ1v) is 20.2. The summed E-state index contributed by atoms with van der Waals surface area (Å²) in [5, 5.41) is 26.7. The Morgan fingerprint density at radius 2 is 1.47 bits per heavy atom. The van der Waals surface area contributed by atoms with Crippen LogP contribution in [0.3, 0.4) is 0 Å². The van der Waals surface area contributed by atoms with Gasteiger partial charge in [0.1, 0.15) is 0 Å². The molecule has 6 N–H and O–H groups in total. The minimum Gasteiger partial charge on any atom is -0.397 e. The van der Waals surface area contributed by atoms with Gasteiger partial charge in [-0.3, -0.25) is 14.5 Å². The fourth-order valence-corrected chi connectivity index (χ4v) is 7.28. The molecular weight excluding hydrogens is 729 g/mol. The standard InChI is InChI=1S/C48H56N4O6/c1-33(47(56)37-14-5-3-6-15-37)52(2)31-41-29-44(36-25-23-34(32-53)24-26-36)58-48(57-41)40-18-12-17-39(28-40)38-16-11-13-35(27-38)30-50-45(54)21-7-4-8-22-46(55)51-43-20-10-9-19-42(43)49/h3,5-6,9-20,23-28,33,41,44,47-48,53,56H,4,7-8,21-22,29-32,49H2,1-2H3,(H,50,54)(H,51,55)/t33-,41-,44+,47-,48+/m0/s1. The molecule has 2 amide bonds. The van der Waals surface area contributed by atoms with Gasteiger partial charge in [0.2, 0.25) is 11.8 Å². The maximum Gasteiger partial charge on any atom is 0.224 e. The highest BCUT2D eigenvalue weighted by Gasteiger charge is 2.34. The van der Waals surface area contributed by atoms with Crippen LogP contribution in [0.15, 0.2) is 127 Å². The number of anilines is 2. The second-order valence-corrected chi connectivity index (χ2v) is 15.2. The third kappa shape index (κ3) is 11.8. The first-order valence-electron chi connectivity index (χ1n) is 20.2. The summed E-state index contributed by atoms with van der Waals surface area (Å²) in [6.45, 7) is 3.00. The van der Waals surface area contributed by atoms with Gasteiger partial charge in [-0.2, -0.15) is 0 Å². The number of nitrogen functional groups attached to an aromatic ring is 1. The van der Waals surface area contributed by atoms with E-state index in [1.807, 2.05) is 105 Å². The SMILES string of the molecule is C[C@@H]([C@H](O)c1ccccc1)N(C)C[C@@H]1C[C@H](c2ccc(CO)cc2)O[C@H](c2cccc(-c3cccc(CNC(=O)CCCCCC(=O)Nc4ccccc4N)c3)c2)O1. The predicted molar refractivity (Wildman–Crippen MR) is 228 cm³/mol. The van der Waals surface area contributed by atoms with Crippen molar-refractivity contribution in [3.8, 4) is 11.1 Å². The summed E-state index contributed by atoms with van der Waals surface area (Å²) in [5.74, 6) is -0.107. The van der Waals surface area contributed by atoms with Gasteiger partial charge in [-0.1, -0.05) is 110 Å². The lowest BCUT2D eigenvalue weighted by Gasteiger charge is -2.39. The Hall–Kier alpha value is -5.36. The van der Waals surface area contributed by atoms with Gasteiger partial charge in [-0.25, -0.2) is 0 Å². The zero-order chi connectivity index (χ0) is 40.9. The highest BCUT2D eigenvalue weighted by molar-refractivity contribution is 5.93. The molecular formula is C48H56N4O6. The van der Waals surface area contributed by atoms with Crippen molar-refractivity contribution < 1.29 is 29.3 Å². The summed E-state index contributed by atoms with van der Waals surface area (Å²) in [6.07, 6.45) is 1.85. The molecule has 0 radical (unpaired) electrons. The van der Waals surface area contributed by atoms with Gasteiger partial charge in [0.15, 0.2) is 6.29 Å². The van der Waals surface area contributed by atoms with Crippen LogP contribution >= 0.6 is 0 Å². The second kappa shape index (κ2) is 20.9. The molecule has 0 saturated carbocycles. The summed E-state index contributed by atoms with van der Waals surface area (Å²) in [4.78, 5) is 27.1. The van der Waals surface area contributed by atoms with Crippen LogP contribution in [-0.2, 0) is 32.2 Å². The number of nitrogens with zero attached hydrogens (tertiary/aromatic N) is 1. The molecule has 5 atom stereocenters. The Kier molecular flexibility index (Phi) is 15.2. The van der Waals surface area contributed by atoms with E-state index in [1.54, 1.807) is 12.1 Å². The van der Waals surface area contributed by atoms with E-state index in [0.29, 0.717) is 56.6 Å². The van der Waals surface area contributed by atoms with Gasteiger partial charge in [0.05, 0.1) is 36.3 Å². The van der Waals surface area contributed by atoms with Crippen LogP contribution in [-0.4, -0.2) is 52.7 Å². The number of ether oxygens (including phenoxy) is 2. The number of carbonyl (C=O) groups excluding carboxylic acids is 2. The van der Waals surface area contributed by atoms with Crippen LogP contribution in [0.25, 0.3) is 11.1 Å². The van der Waals surface area contributed by atoms with Gasteiger partial charge >= 0.3 is 0 Å². The summed E-state index contributed by atoms with van der Waals surface area (Å²) in [7, 11) is 2.01. The zero-order valence-corrected chi connectivity index (χ0v) is 33.4. The van der Waals surface area contributed by atoms with Crippen LogP contribution in [0.4, 0.5) is 11.4 Å². The largest absolute Gasteiger partial charge is 0.397 e. The molecule has 1 fully saturated rings. The molecule has 0 aromatic heterocycles. The molecule has 58 heavy (non-hydrogen) atoms. The van der Waals surface area contributed by atoms with E-state index >= 15 is 0 Å². The monoisotopic (exact) mass is 784 g/mol. The van der Waals surface area contributed by atoms with Crippen molar-refractivity contribution in [3.63, 3.8) is 0 Å². The zero-order valence-electron chi connectivity index (χ0n) is 33.4. The quantitative estimate of drug-likeness (QED) is 0.0442. The van der Waals surface area contributed by atoms with E-state index in [9.17, 15) is 19.8 Å². The fourth-order valence-electron chi connectivity index (χ4n) is 7.28. The molecule has 0 bridgehead atoms. The molecule has 1 saturated heterocycles. The Labute approximate surface area is 342 Å². The molecule has 304 valence electrons. The second-order valence-electron chi connectivity index (χ2n) is 15.2. The molecule has 0 spiro atoms. The number of nitrogens with two attached hydrogens (primary N) is 1. The van der Waals surface area contributed by atoms with Crippen molar-refractivity contribution in [2.45, 2.75) is 89.2 Å². The number of hydrogen-bond acceptors (Lipinski definition) is 8. The number of amides is 2. The van der Waals surface area contributed by atoms with Crippen LogP contribution in [0.2, 0.25) is 0 Å². The van der Waals surface area contributed by atoms with Crippen LogP contribution in [0.5, 0.6) is 0 Å². The molecule has 10 heteroatoms. The summed E-state index contributed by atoms with van der Waals surface area (Å²) in [5.41, 5.74) is 13.7. The first-order chi connectivity index (χ1) is 28.2. The van der Waals surface area contributed by atoms with Crippen molar-refractivity contribution in [1.82, 2.24) is 10.2 Å². The molecule has 0 aliphatic carbocycles. The van der Waals surface area contributed by atoms with E-state index < -0.39 is 12.4 Å². The number of para-hydroxylation sites is 2. The lowest BCUT2D eigenvalue weighted by Crippen LogP contribution is -2.43. The maximum atomic E-state index is 12.7. The molecule has 5 aromatic carbocycles. The highest BCUT2D eigenvalue weighted by Crippen LogP contribution is 2.39. The Morgan fingerprint density at radius 3 is 2.21 bits per heavy atom. The number of rotatable bonds is 18. The topological polar surface area (TPSA) is 146 Å². The highest BCUT2D eigenvalue weighted by atomic mass is 16.7. The molecule has 1 heterocycles. The molecule has 1 aliphatic rings. The number of carbonyl (C=O) groups is 2. The summed E-state index contributed by atoms with van der Waals surface area (Å²) in [6, 6.07) is 40.9. The lowest BCUT2D eigenvalue weighted by atomic mass is 9.97. The van der Waals surface area contributed by atoms with Gasteiger partial charge in [0, 0.05) is 44.0 Å². The lowest BCUT2D eigenvalue weighted by molar-refractivity contribution is -0.253. The number of nitrogens with one attached hydrogen (secondary N) is 2. The number of benzene rings is 5. The Balaban J connectivity index is 1.05. The molecule has 6 rings (SSSR count). The van der Waals surface area contributed by atoms with Crippen molar-refractivity contribution in [2.75, 3.05) is 24.6 Å². The van der Waals surface area contributed by atoms with Crippen molar-refractivity contribution in [2.24, 2.45) is 0 Å². The van der Waals surface area contributed by atoms with E-state index in [0.717, 1.165) is 45.4 Å². The van der Waals surface area contributed by atoms with Gasteiger partial charge in [-0.05, 0) is 84.5 Å². The third-order valence-electron chi connectivity index (χ3n) is 10.9. The maximum absolute atomic E-state index is 12.7. The molecule has 5 aromatic rings. The summed E-state index contributed by atoms with van der Waals surface area (Å²) < 4.78 is 13.3. The minimum absolute atomic E-state index is 0.0229. The van der Waals surface area contributed by atoms with E-state index in [4.69, 9.17) is 15.2 Å². The van der Waals surface area contributed by atoms with Gasteiger partial charge in [0.25, 0.3) is 0 Å². The average molecular weight is 785 g/mol.